The van der Waals surface area contributed by atoms with Gasteiger partial charge in [0, 0.05) is 11.6 Å². The Morgan fingerprint density at radius 3 is 1.88 bits per heavy atom. The Morgan fingerprint density at radius 2 is 1.38 bits per heavy atom. The van der Waals surface area contributed by atoms with Crippen molar-refractivity contribution in [1.82, 2.24) is 4.90 Å². The predicted octanol–water partition coefficient (Wildman–Crippen LogP) is 4.47. The van der Waals surface area contributed by atoms with Gasteiger partial charge >= 0.3 is 0 Å². The highest BCUT2D eigenvalue weighted by atomic mass is 15.2. The van der Waals surface area contributed by atoms with E-state index in [0.717, 1.165) is 6.04 Å². The lowest BCUT2D eigenvalue weighted by Gasteiger charge is -2.48. The van der Waals surface area contributed by atoms with Gasteiger partial charge < -0.3 is 0 Å². The average Bonchev–Trinajstić information content (AvgIpc) is 1.96. The van der Waals surface area contributed by atoms with Gasteiger partial charge in [-0.15, -0.1) is 0 Å². The molecule has 1 heteroatoms. The summed E-state index contributed by atoms with van der Waals surface area (Å²) in [4.78, 5) is 2.76. The van der Waals surface area contributed by atoms with E-state index in [2.05, 4.69) is 46.4 Å². The van der Waals surface area contributed by atoms with Gasteiger partial charge in [-0.3, -0.25) is 4.90 Å². The van der Waals surface area contributed by atoms with Gasteiger partial charge in [-0.05, 0) is 45.6 Å². The second-order valence-electron chi connectivity index (χ2n) is 7.45. The number of hydrogen-bond acceptors (Lipinski definition) is 1. The third-order valence-electron chi connectivity index (χ3n) is 3.86. The summed E-state index contributed by atoms with van der Waals surface area (Å²) in [5, 5.41) is 0. The molecule has 0 spiro atoms. The van der Waals surface area contributed by atoms with E-state index in [1.807, 2.05) is 0 Å². The van der Waals surface area contributed by atoms with Crippen molar-refractivity contribution < 1.29 is 0 Å². The minimum Gasteiger partial charge on any atom is -0.295 e. The van der Waals surface area contributed by atoms with Gasteiger partial charge in [-0.1, -0.05) is 40.0 Å². The fourth-order valence-corrected chi connectivity index (χ4v) is 2.99. The van der Waals surface area contributed by atoms with E-state index in [1.165, 1.54) is 38.6 Å². The first kappa shape index (κ1) is 14.0. The molecular formula is C15H31N. The lowest BCUT2D eigenvalue weighted by atomic mass is 9.79. The Hall–Kier alpha value is -0.0400. The van der Waals surface area contributed by atoms with Gasteiger partial charge in [0.05, 0.1) is 0 Å². The summed E-state index contributed by atoms with van der Waals surface area (Å²) in [6.07, 6.45) is 7.02. The van der Waals surface area contributed by atoms with Crippen LogP contribution in [0, 0.1) is 5.41 Å². The highest BCUT2D eigenvalue weighted by Gasteiger charge is 2.35. The highest BCUT2D eigenvalue weighted by Crippen LogP contribution is 2.34. The van der Waals surface area contributed by atoms with Crippen molar-refractivity contribution >= 4 is 0 Å². The monoisotopic (exact) mass is 225 g/mol. The van der Waals surface area contributed by atoms with Crippen molar-refractivity contribution in [2.24, 2.45) is 5.41 Å². The summed E-state index contributed by atoms with van der Waals surface area (Å²) in [6, 6.07) is 0.743. The molecule has 0 aromatic heterocycles. The highest BCUT2D eigenvalue weighted by molar-refractivity contribution is 4.90. The second-order valence-corrected chi connectivity index (χ2v) is 7.45. The number of nitrogens with zero attached hydrogens (tertiary/aromatic N) is 1. The summed E-state index contributed by atoms with van der Waals surface area (Å²) in [5.41, 5.74) is 0.722. The molecular weight excluding hydrogens is 194 g/mol. The van der Waals surface area contributed by atoms with Crippen LogP contribution in [-0.4, -0.2) is 23.0 Å². The minimum atomic E-state index is 0.315. The van der Waals surface area contributed by atoms with E-state index in [1.54, 1.807) is 0 Å². The molecule has 0 aliphatic carbocycles. The standard InChI is InChI=1S/C15H31N/c1-14(2,3)13-11-9-7-8-10-12-16(13)15(4,5)6/h13H,7-12H2,1-6H3. The van der Waals surface area contributed by atoms with Crippen molar-refractivity contribution in [3.8, 4) is 0 Å². The number of hydrogen-bond donors (Lipinski definition) is 0. The van der Waals surface area contributed by atoms with Crippen molar-refractivity contribution in [3.05, 3.63) is 0 Å². The minimum absolute atomic E-state index is 0.315. The van der Waals surface area contributed by atoms with Crippen LogP contribution in [0.2, 0.25) is 0 Å². The van der Waals surface area contributed by atoms with Crippen molar-refractivity contribution in [2.75, 3.05) is 6.54 Å². The van der Waals surface area contributed by atoms with Crippen LogP contribution in [0.1, 0.15) is 73.6 Å². The zero-order valence-electron chi connectivity index (χ0n) is 12.3. The lowest BCUT2D eigenvalue weighted by Crippen LogP contribution is -2.53. The number of rotatable bonds is 0. The molecule has 1 unspecified atom stereocenters. The first-order valence-corrected chi connectivity index (χ1v) is 6.99. The topological polar surface area (TPSA) is 3.24 Å². The summed E-state index contributed by atoms with van der Waals surface area (Å²) < 4.78 is 0. The molecule has 1 aliphatic heterocycles. The van der Waals surface area contributed by atoms with E-state index < -0.39 is 0 Å². The Kier molecular flexibility index (Phi) is 4.45. The van der Waals surface area contributed by atoms with Crippen LogP contribution in [0.5, 0.6) is 0 Å². The van der Waals surface area contributed by atoms with Crippen LogP contribution in [0.25, 0.3) is 0 Å². The Labute approximate surface area is 103 Å². The molecule has 0 bridgehead atoms. The van der Waals surface area contributed by atoms with Crippen molar-refractivity contribution in [1.29, 1.82) is 0 Å². The van der Waals surface area contributed by atoms with Gasteiger partial charge in [-0.2, -0.15) is 0 Å². The molecule has 1 heterocycles. The summed E-state index contributed by atoms with van der Waals surface area (Å²) in [5.74, 6) is 0. The molecule has 96 valence electrons. The zero-order chi connectivity index (χ0) is 12.4. The first-order valence-electron chi connectivity index (χ1n) is 6.99. The third kappa shape index (κ3) is 3.76. The molecule has 0 aromatic rings. The molecule has 1 fully saturated rings. The van der Waals surface area contributed by atoms with E-state index in [0.29, 0.717) is 11.0 Å². The summed E-state index contributed by atoms with van der Waals surface area (Å²) >= 11 is 0. The maximum absolute atomic E-state index is 2.76. The zero-order valence-corrected chi connectivity index (χ0v) is 12.3. The first-order chi connectivity index (χ1) is 7.23. The average molecular weight is 225 g/mol. The fraction of sp³-hybridized carbons (Fsp3) is 1.00. The van der Waals surface area contributed by atoms with Gasteiger partial charge in [0.25, 0.3) is 0 Å². The van der Waals surface area contributed by atoms with Gasteiger partial charge in [0.1, 0.15) is 0 Å². The smallest absolute Gasteiger partial charge is 0.0149 e. The third-order valence-corrected chi connectivity index (χ3v) is 3.86. The largest absolute Gasteiger partial charge is 0.295 e. The lowest BCUT2D eigenvalue weighted by molar-refractivity contribution is 0.00938. The Balaban J connectivity index is 2.86. The quantitative estimate of drug-likeness (QED) is 0.588. The fourth-order valence-electron chi connectivity index (χ4n) is 2.99. The molecule has 0 radical (unpaired) electrons. The molecule has 16 heavy (non-hydrogen) atoms. The van der Waals surface area contributed by atoms with Gasteiger partial charge in [0.2, 0.25) is 0 Å². The van der Waals surface area contributed by atoms with Crippen LogP contribution in [-0.2, 0) is 0 Å². The van der Waals surface area contributed by atoms with E-state index in [-0.39, 0.29) is 0 Å². The van der Waals surface area contributed by atoms with Gasteiger partial charge in [-0.25, -0.2) is 0 Å². The Bertz CT molecular complexity index is 182. The van der Waals surface area contributed by atoms with Crippen LogP contribution in [0.15, 0.2) is 0 Å². The number of likely N-dealkylation sites (tertiary alicyclic amines) is 1. The predicted molar refractivity (Wildman–Crippen MR) is 72.8 cm³/mol. The molecule has 1 atom stereocenters. The van der Waals surface area contributed by atoms with E-state index >= 15 is 0 Å². The van der Waals surface area contributed by atoms with Gasteiger partial charge in [0.15, 0.2) is 0 Å². The molecule has 1 saturated heterocycles. The van der Waals surface area contributed by atoms with Crippen LogP contribution >= 0.6 is 0 Å². The molecule has 0 amide bonds. The second kappa shape index (κ2) is 5.08. The molecule has 1 rings (SSSR count). The van der Waals surface area contributed by atoms with E-state index in [4.69, 9.17) is 0 Å². The van der Waals surface area contributed by atoms with Crippen LogP contribution in [0.3, 0.4) is 0 Å². The normalized spacial score (nSPS) is 26.2. The van der Waals surface area contributed by atoms with Crippen LogP contribution < -0.4 is 0 Å². The SMILES string of the molecule is CC(C)(C)C1CCCCCCN1C(C)(C)C. The summed E-state index contributed by atoms with van der Waals surface area (Å²) in [6.45, 7) is 15.6. The summed E-state index contributed by atoms with van der Waals surface area (Å²) in [7, 11) is 0. The molecule has 0 N–H and O–H groups in total. The van der Waals surface area contributed by atoms with Crippen LogP contribution in [0.4, 0.5) is 0 Å². The maximum Gasteiger partial charge on any atom is 0.0149 e. The Morgan fingerprint density at radius 1 is 0.812 bits per heavy atom. The molecule has 1 nitrogen and oxygen atoms in total. The van der Waals surface area contributed by atoms with Crippen molar-refractivity contribution in [3.63, 3.8) is 0 Å². The maximum atomic E-state index is 2.76. The van der Waals surface area contributed by atoms with E-state index in [9.17, 15) is 0 Å². The molecule has 0 saturated carbocycles. The molecule has 0 aromatic carbocycles. The molecule has 1 aliphatic rings. The van der Waals surface area contributed by atoms with Crippen molar-refractivity contribution in [2.45, 2.75) is 85.2 Å².